The lowest BCUT2D eigenvalue weighted by Crippen LogP contribution is -2.16. The van der Waals surface area contributed by atoms with Gasteiger partial charge in [-0.25, -0.2) is 0 Å². The molecule has 0 amide bonds. The highest BCUT2D eigenvalue weighted by Gasteiger charge is 2.22. The number of Topliss-reactive ketones (excluding diaryl/α,β-unsaturated/α-hetero) is 1. The maximum atomic E-state index is 12.6. The molecule has 0 aliphatic heterocycles. The van der Waals surface area contributed by atoms with Gasteiger partial charge in [0.25, 0.3) is 0 Å². The Labute approximate surface area is 114 Å². The van der Waals surface area contributed by atoms with Gasteiger partial charge in [0.2, 0.25) is 0 Å². The molecule has 0 saturated heterocycles. The molecule has 2 aromatic rings. The van der Waals surface area contributed by atoms with E-state index in [2.05, 4.69) is 0 Å². The number of hydrogen-bond donors (Lipinski definition) is 0. The van der Waals surface area contributed by atoms with Crippen molar-refractivity contribution >= 4 is 5.78 Å². The number of methoxy groups -OCH3 is 1. The van der Waals surface area contributed by atoms with Gasteiger partial charge >= 0.3 is 0 Å². The van der Waals surface area contributed by atoms with Crippen molar-refractivity contribution in [2.24, 2.45) is 0 Å². The molecular formula is C17H18O2. The van der Waals surface area contributed by atoms with E-state index in [1.165, 1.54) is 0 Å². The lowest BCUT2D eigenvalue weighted by Gasteiger charge is -2.16. The van der Waals surface area contributed by atoms with Gasteiger partial charge in [0, 0.05) is 12.7 Å². The van der Waals surface area contributed by atoms with E-state index < -0.39 is 6.10 Å². The number of carbonyl (C=O) groups is 1. The first-order chi connectivity index (χ1) is 9.13. The molecule has 0 saturated carbocycles. The molecule has 0 spiro atoms. The monoisotopic (exact) mass is 254 g/mol. The summed E-state index contributed by atoms with van der Waals surface area (Å²) in [6.45, 7) is 3.98. The van der Waals surface area contributed by atoms with Crippen LogP contribution in [-0.2, 0) is 4.74 Å². The zero-order chi connectivity index (χ0) is 13.8. The second kappa shape index (κ2) is 5.81. The zero-order valence-electron chi connectivity index (χ0n) is 11.5. The fourth-order valence-electron chi connectivity index (χ4n) is 2.25. The Morgan fingerprint density at radius 2 is 1.74 bits per heavy atom. The van der Waals surface area contributed by atoms with Gasteiger partial charge in [-0.3, -0.25) is 4.79 Å². The Morgan fingerprint density at radius 1 is 1.05 bits per heavy atom. The van der Waals surface area contributed by atoms with E-state index >= 15 is 0 Å². The minimum atomic E-state index is -0.539. The van der Waals surface area contributed by atoms with Crippen molar-refractivity contribution in [3.8, 4) is 0 Å². The van der Waals surface area contributed by atoms with E-state index in [4.69, 9.17) is 4.74 Å². The van der Waals surface area contributed by atoms with Crippen molar-refractivity contribution in [1.82, 2.24) is 0 Å². The fraction of sp³-hybridized carbons (Fsp3) is 0.235. The molecule has 0 aliphatic carbocycles. The van der Waals surface area contributed by atoms with Crippen LogP contribution in [0.5, 0.6) is 0 Å². The van der Waals surface area contributed by atoms with Crippen molar-refractivity contribution in [2.75, 3.05) is 7.11 Å². The van der Waals surface area contributed by atoms with Gasteiger partial charge in [-0.1, -0.05) is 54.1 Å². The number of benzene rings is 2. The number of hydrogen-bond acceptors (Lipinski definition) is 2. The maximum absolute atomic E-state index is 12.6. The molecule has 0 N–H and O–H groups in total. The predicted octanol–water partition coefficient (Wildman–Crippen LogP) is 3.87. The summed E-state index contributed by atoms with van der Waals surface area (Å²) < 4.78 is 5.39. The number of rotatable bonds is 4. The van der Waals surface area contributed by atoms with Gasteiger partial charge in [-0.15, -0.1) is 0 Å². The number of ketones is 1. The average molecular weight is 254 g/mol. The first-order valence-corrected chi connectivity index (χ1v) is 6.32. The largest absolute Gasteiger partial charge is 0.369 e. The van der Waals surface area contributed by atoms with Crippen LogP contribution in [-0.4, -0.2) is 12.9 Å². The standard InChI is InChI=1S/C17H18O2/c1-12-9-10-15(13(2)11-12)16(18)17(19-3)14-7-5-4-6-8-14/h4-11,17H,1-3H3. The van der Waals surface area contributed by atoms with Crippen molar-refractivity contribution < 1.29 is 9.53 Å². The minimum Gasteiger partial charge on any atom is -0.369 e. The summed E-state index contributed by atoms with van der Waals surface area (Å²) >= 11 is 0. The van der Waals surface area contributed by atoms with Gasteiger partial charge in [0.15, 0.2) is 5.78 Å². The molecule has 0 aliphatic rings. The highest BCUT2D eigenvalue weighted by Crippen LogP contribution is 2.23. The van der Waals surface area contributed by atoms with Gasteiger partial charge in [0.1, 0.15) is 6.10 Å². The third-order valence-corrected chi connectivity index (χ3v) is 3.22. The van der Waals surface area contributed by atoms with E-state index in [1.54, 1.807) is 7.11 Å². The average Bonchev–Trinajstić information content (AvgIpc) is 2.40. The summed E-state index contributed by atoms with van der Waals surface area (Å²) in [4.78, 5) is 12.6. The third-order valence-electron chi connectivity index (χ3n) is 3.22. The zero-order valence-corrected chi connectivity index (χ0v) is 11.5. The molecule has 1 unspecified atom stereocenters. The van der Waals surface area contributed by atoms with E-state index in [0.29, 0.717) is 0 Å². The molecule has 0 bridgehead atoms. The molecule has 2 heteroatoms. The Balaban J connectivity index is 2.36. The molecular weight excluding hydrogens is 236 g/mol. The molecule has 2 nitrogen and oxygen atoms in total. The van der Waals surface area contributed by atoms with Crippen LogP contribution >= 0.6 is 0 Å². The van der Waals surface area contributed by atoms with Crippen LogP contribution in [0.4, 0.5) is 0 Å². The van der Waals surface area contributed by atoms with Crippen molar-refractivity contribution in [3.63, 3.8) is 0 Å². The molecule has 98 valence electrons. The maximum Gasteiger partial charge on any atom is 0.196 e. The van der Waals surface area contributed by atoms with Crippen LogP contribution in [0.3, 0.4) is 0 Å². The van der Waals surface area contributed by atoms with E-state index in [9.17, 15) is 4.79 Å². The number of ether oxygens (including phenoxy) is 1. The summed E-state index contributed by atoms with van der Waals surface area (Å²) in [5.74, 6) is 0.00574. The molecule has 0 heterocycles. The summed E-state index contributed by atoms with van der Waals surface area (Å²) in [6.07, 6.45) is -0.539. The Hall–Kier alpha value is -1.93. The molecule has 19 heavy (non-hydrogen) atoms. The minimum absolute atomic E-state index is 0.00574. The van der Waals surface area contributed by atoms with Crippen LogP contribution in [0.1, 0.15) is 33.2 Å². The molecule has 0 aromatic heterocycles. The predicted molar refractivity (Wildman–Crippen MR) is 76.4 cm³/mol. The third kappa shape index (κ3) is 2.91. The lowest BCUT2D eigenvalue weighted by atomic mass is 9.95. The normalized spacial score (nSPS) is 12.2. The molecule has 0 radical (unpaired) electrons. The topological polar surface area (TPSA) is 26.3 Å². The second-order valence-corrected chi connectivity index (χ2v) is 4.71. The van der Waals surface area contributed by atoms with Crippen LogP contribution in [0.25, 0.3) is 0 Å². The SMILES string of the molecule is COC(C(=O)c1ccc(C)cc1C)c1ccccc1. The fourth-order valence-corrected chi connectivity index (χ4v) is 2.25. The van der Waals surface area contributed by atoms with Crippen LogP contribution in [0, 0.1) is 13.8 Å². The Bertz CT molecular complexity index is 573. The second-order valence-electron chi connectivity index (χ2n) is 4.71. The van der Waals surface area contributed by atoms with Crippen molar-refractivity contribution in [1.29, 1.82) is 0 Å². The summed E-state index contributed by atoms with van der Waals surface area (Å²) in [6, 6.07) is 15.4. The van der Waals surface area contributed by atoms with Crippen molar-refractivity contribution in [3.05, 3.63) is 70.8 Å². The smallest absolute Gasteiger partial charge is 0.196 e. The summed E-state index contributed by atoms with van der Waals surface area (Å²) in [7, 11) is 1.57. The van der Waals surface area contributed by atoms with E-state index in [-0.39, 0.29) is 5.78 Å². The highest BCUT2D eigenvalue weighted by molar-refractivity contribution is 6.01. The first kappa shape index (κ1) is 13.5. The van der Waals surface area contributed by atoms with Crippen LogP contribution < -0.4 is 0 Å². The van der Waals surface area contributed by atoms with Crippen LogP contribution in [0.2, 0.25) is 0 Å². The molecule has 1 atom stereocenters. The number of carbonyl (C=O) groups excluding carboxylic acids is 1. The first-order valence-electron chi connectivity index (χ1n) is 6.32. The summed E-state index contributed by atoms with van der Waals surface area (Å²) in [5, 5.41) is 0. The van der Waals surface area contributed by atoms with E-state index in [0.717, 1.165) is 22.3 Å². The quantitative estimate of drug-likeness (QED) is 0.774. The Kier molecular flexibility index (Phi) is 4.13. The van der Waals surface area contributed by atoms with E-state index in [1.807, 2.05) is 62.4 Å². The van der Waals surface area contributed by atoms with Gasteiger partial charge in [-0.2, -0.15) is 0 Å². The molecule has 0 fully saturated rings. The lowest BCUT2D eigenvalue weighted by molar-refractivity contribution is 0.0603. The van der Waals surface area contributed by atoms with Crippen LogP contribution in [0.15, 0.2) is 48.5 Å². The Morgan fingerprint density at radius 3 is 2.32 bits per heavy atom. The number of aryl methyl sites for hydroxylation is 2. The molecule has 2 aromatic carbocycles. The molecule has 2 rings (SSSR count). The van der Waals surface area contributed by atoms with Gasteiger partial charge in [-0.05, 0) is 25.0 Å². The van der Waals surface area contributed by atoms with Crippen molar-refractivity contribution in [2.45, 2.75) is 20.0 Å². The van der Waals surface area contributed by atoms with Gasteiger partial charge < -0.3 is 4.74 Å². The van der Waals surface area contributed by atoms with Gasteiger partial charge in [0.05, 0.1) is 0 Å². The highest BCUT2D eigenvalue weighted by atomic mass is 16.5. The summed E-state index contributed by atoms with van der Waals surface area (Å²) in [5.41, 5.74) is 3.75.